The number of hydrogen-bond acceptors (Lipinski definition) is 0. The summed E-state index contributed by atoms with van der Waals surface area (Å²) in [5.74, 6) is 0. The molecular formula is C10H6Te2. The Morgan fingerprint density at radius 2 is 1.33 bits per heavy atom. The van der Waals surface area contributed by atoms with Gasteiger partial charge in [-0.05, 0) is 0 Å². The van der Waals surface area contributed by atoms with Crippen molar-refractivity contribution >= 4 is 34.1 Å². The summed E-state index contributed by atoms with van der Waals surface area (Å²) in [6, 6.07) is 0. The Labute approximate surface area is 88.5 Å². The first kappa shape index (κ1) is 8.69. The average Bonchev–Trinajstić information content (AvgIpc) is 2.74. The van der Waals surface area contributed by atoms with E-state index in [0.29, 0.717) is 0 Å². The molecule has 58 valence electrons. The fraction of sp³-hybridized carbons (Fsp3) is 0. The monoisotopic (exact) mass is 386 g/mol. The van der Waals surface area contributed by atoms with Crippen LogP contribution in [0.15, 0.2) is 55.2 Å². The van der Waals surface area contributed by atoms with Crippen LogP contribution >= 0.6 is 0 Å². The first-order chi connectivity index (χ1) is 5.95. The third kappa shape index (κ3) is 2.29. The van der Waals surface area contributed by atoms with E-state index in [4.69, 9.17) is 0 Å². The van der Waals surface area contributed by atoms with Crippen molar-refractivity contribution < 1.29 is 0 Å². The summed E-state index contributed by atoms with van der Waals surface area (Å²) >= 11 is 0.164. The minimum atomic E-state index is 0.0820. The third-order valence-electron chi connectivity index (χ3n) is 1.36. The minimum absolute atomic E-state index is 0.0820. The molecule has 2 aliphatic rings. The molecule has 0 radical (unpaired) electrons. The Balaban J connectivity index is 1.91. The second-order valence-electron chi connectivity index (χ2n) is 2.24. The number of hydrogen-bond donors (Lipinski definition) is 0. The van der Waals surface area contributed by atoms with Crippen LogP contribution in [0.25, 0.3) is 0 Å². The van der Waals surface area contributed by atoms with Gasteiger partial charge in [0.2, 0.25) is 0 Å². The molecule has 0 bridgehead atoms. The first-order valence-electron chi connectivity index (χ1n) is 3.56. The van der Waals surface area contributed by atoms with Gasteiger partial charge >= 0.3 is 89.3 Å². The van der Waals surface area contributed by atoms with Gasteiger partial charge in [0.25, 0.3) is 0 Å². The summed E-state index contributed by atoms with van der Waals surface area (Å²) in [5, 5.41) is 0. The van der Waals surface area contributed by atoms with Crippen molar-refractivity contribution in [1.29, 1.82) is 0 Å². The molecule has 0 aromatic carbocycles. The van der Waals surface area contributed by atoms with Crippen molar-refractivity contribution in [3.63, 3.8) is 0 Å². The summed E-state index contributed by atoms with van der Waals surface area (Å²) in [6.07, 6.45) is 12.6. The molecule has 0 aromatic rings. The van der Waals surface area contributed by atoms with E-state index in [0.717, 1.165) is 0 Å². The molecule has 0 atom stereocenters. The van der Waals surface area contributed by atoms with Crippen LogP contribution in [0.2, 0.25) is 0 Å². The van der Waals surface area contributed by atoms with Crippen LogP contribution < -0.4 is 0 Å². The van der Waals surface area contributed by atoms with Crippen LogP contribution in [0.1, 0.15) is 0 Å². The molecule has 12 heavy (non-hydrogen) atoms. The van der Waals surface area contributed by atoms with E-state index in [1.807, 2.05) is 12.2 Å². The maximum atomic E-state index is 3.28. The Hall–Kier alpha value is 0.0992. The predicted octanol–water partition coefficient (Wildman–Crippen LogP) is 1.53. The topological polar surface area (TPSA) is 0 Å². The van der Waals surface area contributed by atoms with Crippen LogP contribution in [0.4, 0.5) is 0 Å². The number of rotatable bonds is 3. The molecule has 0 N–H and O–H groups in total. The molecule has 0 saturated carbocycles. The molecule has 0 nitrogen and oxygen atoms in total. The Morgan fingerprint density at radius 3 is 1.67 bits per heavy atom. The van der Waals surface area contributed by atoms with Crippen molar-refractivity contribution in [1.82, 2.24) is 0 Å². The molecule has 0 heterocycles. The van der Waals surface area contributed by atoms with Gasteiger partial charge in [-0.3, -0.25) is 0 Å². The first-order valence-corrected chi connectivity index (χ1v) is 13.2. The van der Waals surface area contributed by atoms with E-state index >= 15 is 0 Å². The molecule has 0 amide bonds. The van der Waals surface area contributed by atoms with E-state index in [9.17, 15) is 0 Å². The standard InChI is InChI=1S/C10H6Te2/c1-2-6-9(5-1)11-12-10-7-3-4-8-10/h1-5,7H. The normalized spacial score (nSPS) is 17.3. The summed E-state index contributed by atoms with van der Waals surface area (Å²) in [4.78, 5) is 0. The number of allylic oxidation sites excluding steroid dienone is 6. The van der Waals surface area contributed by atoms with Crippen molar-refractivity contribution in [3.05, 3.63) is 55.2 Å². The molecule has 2 heteroatoms. The van der Waals surface area contributed by atoms with E-state index in [2.05, 4.69) is 35.8 Å². The van der Waals surface area contributed by atoms with Crippen LogP contribution in [-0.4, -0.2) is 34.1 Å². The van der Waals surface area contributed by atoms with Crippen molar-refractivity contribution in [2.75, 3.05) is 0 Å². The Kier molecular flexibility index (Phi) is 3.16. The van der Waals surface area contributed by atoms with Crippen molar-refractivity contribution in [3.8, 4) is 0 Å². The molecule has 0 aromatic heterocycles. The van der Waals surface area contributed by atoms with Gasteiger partial charge in [-0.2, -0.15) is 0 Å². The molecule has 0 spiro atoms. The van der Waals surface area contributed by atoms with Gasteiger partial charge in [0, 0.05) is 0 Å². The van der Waals surface area contributed by atoms with Crippen LogP contribution in [-0.2, 0) is 0 Å². The van der Waals surface area contributed by atoms with Crippen molar-refractivity contribution in [2.24, 2.45) is 0 Å². The van der Waals surface area contributed by atoms with Gasteiger partial charge in [-0.15, -0.1) is 0 Å². The molecule has 0 aliphatic heterocycles. The Bertz CT molecular complexity index is 333. The van der Waals surface area contributed by atoms with Crippen molar-refractivity contribution in [2.45, 2.75) is 0 Å². The van der Waals surface area contributed by atoms with Gasteiger partial charge in [0.15, 0.2) is 0 Å². The quantitative estimate of drug-likeness (QED) is 0.514. The van der Waals surface area contributed by atoms with Gasteiger partial charge in [0.1, 0.15) is 0 Å². The Morgan fingerprint density at radius 1 is 0.833 bits per heavy atom. The molecular weight excluding hydrogens is 375 g/mol. The maximum absolute atomic E-state index is 3.28. The van der Waals surface area contributed by atoms with E-state index < -0.39 is 0 Å². The molecule has 0 unspecified atom stereocenters. The summed E-state index contributed by atoms with van der Waals surface area (Å²) in [5.41, 5.74) is 6.55. The van der Waals surface area contributed by atoms with Crippen LogP contribution in [0, 0.1) is 0 Å². The zero-order valence-corrected chi connectivity index (χ0v) is 10.9. The van der Waals surface area contributed by atoms with E-state index in [1.54, 1.807) is 0 Å². The molecule has 2 rings (SSSR count). The van der Waals surface area contributed by atoms with Gasteiger partial charge < -0.3 is 0 Å². The van der Waals surface area contributed by atoms with Gasteiger partial charge in [0.05, 0.1) is 0 Å². The molecule has 0 fully saturated rings. The van der Waals surface area contributed by atoms with E-state index in [-0.39, 0.29) is 34.1 Å². The van der Waals surface area contributed by atoms with Gasteiger partial charge in [-0.25, -0.2) is 0 Å². The zero-order valence-electron chi connectivity index (χ0n) is 6.28. The zero-order chi connectivity index (χ0) is 8.23. The summed E-state index contributed by atoms with van der Waals surface area (Å²) in [6.45, 7) is 0. The summed E-state index contributed by atoms with van der Waals surface area (Å²) < 4.78 is 2.97. The fourth-order valence-corrected chi connectivity index (χ4v) is 10.2. The predicted molar refractivity (Wildman–Crippen MR) is 53.0 cm³/mol. The van der Waals surface area contributed by atoms with Gasteiger partial charge in [-0.1, -0.05) is 0 Å². The van der Waals surface area contributed by atoms with Crippen LogP contribution in [0.3, 0.4) is 0 Å². The second-order valence-corrected chi connectivity index (χ2v) is 12.1. The summed E-state index contributed by atoms with van der Waals surface area (Å²) in [7, 11) is 0. The fourth-order valence-electron chi connectivity index (χ4n) is 0.821. The average molecular weight is 381 g/mol. The molecule has 2 aliphatic carbocycles. The van der Waals surface area contributed by atoms with Crippen LogP contribution in [0.5, 0.6) is 0 Å². The van der Waals surface area contributed by atoms with E-state index in [1.165, 1.54) is 7.24 Å². The second kappa shape index (κ2) is 4.37. The molecule has 0 saturated heterocycles. The SMILES string of the molecule is C1=CC=CC=1[Te][Te]C1=C=CC=C1. The third-order valence-corrected chi connectivity index (χ3v) is 12.5.